The zero-order valence-electron chi connectivity index (χ0n) is 48.9. The number of hydrogen-bond donors (Lipinski definition) is 0. The SMILES string of the molecule is CC1(C)c2ccccc2-c2ccc(-c3c4ccc(N(c5cccc6ccccc56)c5cccc6ccccc56)cc4c(-c4ccc5c(c4)C(C)(C)c4ccccc4-5)c4ccc(N(C5=CCCc6ccccc65)c5cccc6ccccc56)cc34)cc21. The summed E-state index contributed by atoms with van der Waals surface area (Å²) in [6.45, 7) is 9.63. The van der Waals surface area contributed by atoms with Gasteiger partial charge in [-0.3, -0.25) is 0 Å². The molecule has 14 aromatic rings. The smallest absolute Gasteiger partial charge is 0.0540 e. The lowest BCUT2D eigenvalue weighted by Gasteiger charge is -2.33. The summed E-state index contributed by atoms with van der Waals surface area (Å²) < 4.78 is 0. The van der Waals surface area contributed by atoms with Crippen molar-refractivity contribution in [1.29, 1.82) is 0 Å². The van der Waals surface area contributed by atoms with Crippen molar-refractivity contribution in [3.63, 3.8) is 0 Å². The average molecular weight is 1100 g/mol. The molecule has 0 bridgehead atoms. The summed E-state index contributed by atoms with van der Waals surface area (Å²) in [5.41, 5.74) is 24.7. The van der Waals surface area contributed by atoms with Crippen molar-refractivity contribution in [2.75, 3.05) is 9.80 Å². The Hall–Kier alpha value is -10.3. The van der Waals surface area contributed by atoms with E-state index in [1.54, 1.807) is 0 Å². The Balaban J connectivity index is 1.01. The van der Waals surface area contributed by atoms with Gasteiger partial charge in [-0.15, -0.1) is 0 Å². The number of anilines is 5. The summed E-state index contributed by atoms with van der Waals surface area (Å²) in [5, 5.41) is 12.1. The molecule has 2 heteroatoms. The van der Waals surface area contributed by atoms with Crippen molar-refractivity contribution in [1.82, 2.24) is 0 Å². The van der Waals surface area contributed by atoms with Gasteiger partial charge < -0.3 is 9.80 Å². The largest absolute Gasteiger partial charge is 0.310 e. The zero-order valence-corrected chi connectivity index (χ0v) is 48.9. The number of rotatable bonds is 8. The quantitative estimate of drug-likeness (QED) is 0.140. The first-order valence-corrected chi connectivity index (χ1v) is 30.5. The number of allylic oxidation sites excluding steroid dienone is 1. The van der Waals surface area contributed by atoms with Crippen LogP contribution in [0.15, 0.2) is 279 Å². The van der Waals surface area contributed by atoms with Crippen LogP contribution in [0.2, 0.25) is 0 Å². The molecule has 86 heavy (non-hydrogen) atoms. The fourth-order valence-corrected chi connectivity index (χ4v) is 15.5. The minimum absolute atomic E-state index is 0.204. The zero-order chi connectivity index (χ0) is 57.4. The lowest BCUT2D eigenvalue weighted by molar-refractivity contribution is 0.660. The Morgan fingerprint density at radius 3 is 1.19 bits per heavy atom. The van der Waals surface area contributed by atoms with Gasteiger partial charge in [-0.1, -0.05) is 252 Å². The van der Waals surface area contributed by atoms with E-state index in [-0.39, 0.29) is 10.8 Å². The van der Waals surface area contributed by atoms with Crippen LogP contribution >= 0.6 is 0 Å². The first-order valence-electron chi connectivity index (χ1n) is 30.5. The molecule has 408 valence electrons. The van der Waals surface area contributed by atoms with Crippen molar-refractivity contribution in [2.24, 2.45) is 0 Å². The number of nitrogens with zero attached hydrogens (tertiary/aromatic N) is 2. The number of aryl methyl sites for hydroxylation is 1. The highest BCUT2D eigenvalue weighted by atomic mass is 15.2. The monoisotopic (exact) mass is 1100 g/mol. The molecular weight excluding hydrogens is 1040 g/mol. The van der Waals surface area contributed by atoms with Crippen molar-refractivity contribution < 1.29 is 0 Å². The molecular formula is C84H62N2. The molecule has 14 aromatic carbocycles. The minimum Gasteiger partial charge on any atom is -0.310 e. The Labute approximate surface area is 503 Å². The second-order valence-electron chi connectivity index (χ2n) is 25.0. The topological polar surface area (TPSA) is 6.48 Å². The highest BCUT2D eigenvalue weighted by Crippen LogP contribution is 2.56. The molecule has 0 saturated heterocycles. The third kappa shape index (κ3) is 7.52. The molecule has 17 rings (SSSR count). The van der Waals surface area contributed by atoms with E-state index in [9.17, 15) is 0 Å². The molecule has 0 spiro atoms. The van der Waals surface area contributed by atoms with Gasteiger partial charge >= 0.3 is 0 Å². The molecule has 0 amide bonds. The van der Waals surface area contributed by atoms with E-state index in [1.165, 1.54) is 137 Å². The summed E-state index contributed by atoms with van der Waals surface area (Å²) in [6, 6.07) is 104. The van der Waals surface area contributed by atoms with Crippen LogP contribution in [-0.2, 0) is 17.3 Å². The Bertz CT molecular complexity index is 5110. The van der Waals surface area contributed by atoms with Crippen LogP contribution in [0.3, 0.4) is 0 Å². The first kappa shape index (κ1) is 50.3. The number of benzene rings is 14. The molecule has 0 aliphatic heterocycles. The van der Waals surface area contributed by atoms with Gasteiger partial charge in [0, 0.05) is 49.6 Å². The van der Waals surface area contributed by atoms with Crippen molar-refractivity contribution >= 4 is 88.0 Å². The van der Waals surface area contributed by atoms with E-state index in [0.29, 0.717) is 0 Å². The molecule has 0 radical (unpaired) electrons. The van der Waals surface area contributed by atoms with E-state index in [1.807, 2.05) is 0 Å². The average Bonchev–Trinajstić information content (AvgIpc) is 1.34. The Kier molecular flexibility index (Phi) is 11.2. The third-order valence-electron chi connectivity index (χ3n) is 19.7. The maximum Gasteiger partial charge on any atom is 0.0540 e. The fraction of sp³-hybridized carbons (Fsp3) is 0.0952. The first-order chi connectivity index (χ1) is 42.2. The van der Waals surface area contributed by atoms with Gasteiger partial charge in [-0.05, 0) is 177 Å². The Morgan fingerprint density at radius 2 is 0.686 bits per heavy atom. The van der Waals surface area contributed by atoms with E-state index in [0.717, 1.165) is 41.3 Å². The van der Waals surface area contributed by atoms with Gasteiger partial charge in [-0.2, -0.15) is 0 Å². The van der Waals surface area contributed by atoms with Gasteiger partial charge in [0.1, 0.15) is 0 Å². The van der Waals surface area contributed by atoms with Crippen LogP contribution in [0.1, 0.15) is 67.5 Å². The van der Waals surface area contributed by atoms with Crippen LogP contribution in [0.25, 0.3) is 104 Å². The van der Waals surface area contributed by atoms with Gasteiger partial charge in [0.25, 0.3) is 0 Å². The van der Waals surface area contributed by atoms with Crippen LogP contribution in [0, 0.1) is 0 Å². The molecule has 0 unspecified atom stereocenters. The number of hydrogen-bond acceptors (Lipinski definition) is 2. The highest BCUT2D eigenvalue weighted by molar-refractivity contribution is 6.23. The molecule has 0 heterocycles. The molecule has 0 N–H and O–H groups in total. The maximum absolute atomic E-state index is 2.57. The van der Waals surface area contributed by atoms with Gasteiger partial charge in [0.15, 0.2) is 0 Å². The van der Waals surface area contributed by atoms with Crippen molar-refractivity contribution in [3.05, 3.63) is 312 Å². The molecule has 3 aliphatic carbocycles. The lowest BCUT2D eigenvalue weighted by atomic mass is 9.79. The van der Waals surface area contributed by atoms with Crippen LogP contribution in [-0.4, -0.2) is 0 Å². The van der Waals surface area contributed by atoms with Crippen LogP contribution < -0.4 is 9.80 Å². The fourth-order valence-electron chi connectivity index (χ4n) is 15.5. The second kappa shape index (κ2) is 19.1. The van der Waals surface area contributed by atoms with Gasteiger partial charge in [0.2, 0.25) is 0 Å². The molecule has 2 nitrogen and oxygen atoms in total. The maximum atomic E-state index is 2.57. The van der Waals surface area contributed by atoms with E-state index in [2.05, 4.69) is 317 Å². The van der Waals surface area contributed by atoms with E-state index >= 15 is 0 Å². The number of fused-ring (bicyclic) bond motifs is 12. The highest BCUT2D eigenvalue weighted by Gasteiger charge is 2.38. The van der Waals surface area contributed by atoms with Crippen LogP contribution in [0.5, 0.6) is 0 Å². The van der Waals surface area contributed by atoms with E-state index < -0.39 is 0 Å². The summed E-state index contributed by atoms with van der Waals surface area (Å²) >= 11 is 0. The molecule has 0 atom stereocenters. The lowest BCUT2D eigenvalue weighted by Crippen LogP contribution is -2.19. The van der Waals surface area contributed by atoms with E-state index in [4.69, 9.17) is 0 Å². The molecule has 3 aliphatic rings. The van der Waals surface area contributed by atoms with Gasteiger partial charge in [-0.25, -0.2) is 0 Å². The molecule has 0 saturated carbocycles. The van der Waals surface area contributed by atoms with Crippen molar-refractivity contribution in [3.8, 4) is 44.5 Å². The minimum atomic E-state index is -0.205. The van der Waals surface area contributed by atoms with Crippen molar-refractivity contribution in [2.45, 2.75) is 51.4 Å². The molecule has 0 aromatic heterocycles. The standard InChI is InChI=1S/C84H62N2/c1-83(2)73-35-15-13-33-65(73)67-45-41-57(49-75(67)83)81-69-47-43-60(86(79-39-19-27-55-23-7-11-31-63(55)79)80-40-20-28-56-24-8-12-32-64(56)80)52-72(69)82(58-42-46-68-66-34-14-16-36-74(66)84(3,4)76(68)50-58)70-48-44-59(51-71(70)81)85(77-37-17-25-53-21-5-9-29-61(53)77)78-38-18-26-54-22-6-10-30-62(54)78/h5-19,21-27,29-52H,20,28H2,1-4H3. The predicted molar refractivity (Wildman–Crippen MR) is 366 cm³/mol. The molecule has 0 fully saturated rings. The summed E-state index contributed by atoms with van der Waals surface area (Å²) in [6.07, 6.45) is 4.45. The Morgan fingerprint density at radius 1 is 0.291 bits per heavy atom. The summed E-state index contributed by atoms with van der Waals surface area (Å²) in [4.78, 5) is 5.09. The second-order valence-corrected chi connectivity index (χ2v) is 25.0. The predicted octanol–water partition coefficient (Wildman–Crippen LogP) is 23.0. The summed E-state index contributed by atoms with van der Waals surface area (Å²) in [7, 11) is 0. The van der Waals surface area contributed by atoms with Crippen LogP contribution in [0.4, 0.5) is 28.4 Å². The third-order valence-corrected chi connectivity index (χ3v) is 19.7. The van der Waals surface area contributed by atoms with Gasteiger partial charge in [0.05, 0.1) is 17.1 Å². The summed E-state index contributed by atoms with van der Waals surface area (Å²) in [5.74, 6) is 0. The normalized spacial score (nSPS) is 14.2.